The molecule has 0 saturated carbocycles. The number of rotatable bonds is 5. The van der Waals surface area contributed by atoms with Crippen molar-refractivity contribution in [2.45, 2.75) is 26.7 Å². The van der Waals surface area contributed by atoms with E-state index in [2.05, 4.69) is 11.8 Å². The molecular weight excluding hydrogens is 104 g/mol. The molecule has 0 bridgehead atoms. The standard InChI is InChI=1S/C6H14O2/c1-3-5-6-8-7-4-2/h3-6H2,1-2H3. The number of hydrogen-bond donors (Lipinski definition) is 0. The van der Waals surface area contributed by atoms with Crippen LogP contribution in [-0.4, -0.2) is 13.2 Å². The van der Waals surface area contributed by atoms with E-state index >= 15 is 0 Å². The molecule has 0 aliphatic rings. The van der Waals surface area contributed by atoms with E-state index < -0.39 is 0 Å². The minimum atomic E-state index is 0.643. The number of hydrogen-bond acceptors (Lipinski definition) is 2. The van der Waals surface area contributed by atoms with Crippen molar-refractivity contribution in [1.82, 2.24) is 0 Å². The maximum atomic E-state index is 4.72. The van der Waals surface area contributed by atoms with Crippen LogP contribution < -0.4 is 0 Å². The van der Waals surface area contributed by atoms with Crippen LogP contribution in [0.15, 0.2) is 0 Å². The van der Waals surface area contributed by atoms with E-state index in [1.165, 1.54) is 0 Å². The lowest BCUT2D eigenvalue weighted by molar-refractivity contribution is -0.291. The highest BCUT2D eigenvalue weighted by Gasteiger charge is 1.82. The van der Waals surface area contributed by atoms with Crippen molar-refractivity contribution in [3.8, 4) is 0 Å². The van der Waals surface area contributed by atoms with E-state index in [1.807, 2.05) is 6.92 Å². The smallest absolute Gasteiger partial charge is 0.0822 e. The van der Waals surface area contributed by atoms with Crippen LogP contribution in [0, 0.1) is 0 Å². The largest absolute Gasteiger partial charge is 0.237 e. The summed E-state index contributed by atoms with van der Waals surface area (Å²) >= 11 is 0. The maximum Gasteiger partial charge on any atom is 0.0822 e. The van der Waals surface area contributed by atoms with Crippen LogP contribution >= 0.6 is 0 Å². The average Bonchev–Trinajstić information content (AvgIpc) is 1.81. The van der Waals surface area contributed by atoms with Gasteiger partial charge < -0.3 is 0 Å². The first-order valence-corrected chi connectivity index (χ1v) is 3.16. The molecule has 8 heavy (non-hydrogen) atoms. The summed E-state index contributed by atoms with van der Waals surface area (Å²) in [5, 5.41) is 0. The monoisotopic (exact) mass is 118 g/mol. The van der Waals surface area contributed by atoms with E-state index in [-0.39, 0.29) is 0 Å². The van der Waals surface area contributed by atoms with E-state index in [4.69, 9.17) is 4.89 Å². The normalized spacial score (nSPS) is 9.75. The Labute approximate surface area is 50.7 Å². The third-order valence-corrected chi connectivity index (χ3v) is 0.782. The Morgan fingerprint density at radius 3 is 2.38 bits per heavy atom. The summed E-state index contributed by atoms with van der Waals surface area (Å²) in [5.41, 5.74) is 0. The van der Waals surface area contributed by atoms with Gasteiger partial charge >= 0.3 is 0 Å². The highest BCUT2D eigenvalue weighted by Crippen LogP contribution is 1.87. The van der Waals surface area contributed by atoms with Gasteiger partial charge in [0.2, 0.25) is 0 Å². The third-order valence-electron chi connectivity index (χ3n) is 0.782. The van der Waals surface area contributed by atoms with Crippen LogP contribution in [0.1, 0.15) is 26.7 Å². The van der Waals surface area contributed by atoms with Crippen LogP contribution in [0.3, 0.4) is 0 Å². The first-order valence-electron chi connectivity index (χ1n) is 3.16. The van der Waals surface area contributed by atoms with Gasteiger partial charge in [-0.15, -0.1) is 0 Å². The molecule has 50 valence electrons. The summed E-state index contributed by atoms with van der Waals surface area (Å²) < 4.78 is 0. The zero-order valence-corrected chi connectivity index (χ0v) is 5.64. The molecule has 0 rings (SSSR count). The van der Waals surface area contributed by atoms with Crippen LogP contribution in [0.5, 0.6) is 0 Å². The third kappa shape index (κ3) is 5.92. The fraction of sp³-hybridized carbons (Fsp3) is 1.00. The number of unbranched alkanes of at least 4 members (excludes halogenated alkanes) is 1. The quantitative estimate of drug-likeness (QED) is 0.311. The lowest BCUT2D eigenvalue weighted by Gasteiger charge is -1.97. The van der Waals surface area contributed by atoms with E-state index in [0.717, 1.165) is 19.4 Å². The fourth-order valence-electron chi connectivity index (χ4n) is 0.346. The van der Waals surface area contributed by atoms with Crippen molar-refractivity contribution >= 4 is 0 Å². The average molecular weight is 118 g/mol. The highest BCUT2D eigenvalue weighted by atomic mass is 17.2. The van der Waals surface area contributed by atoms with Gasteiger partial charge in [-0.25, -0.2) is 9.78 Å². The molecular formula is C6H14O2. The maximum absolute atomic E-state index is 4.72. The Balaban J connectivity index is 2.53. The summed E-state index contributed by atoms with van der Waals surface area (Å²) in [7, 11) is 0. The minimum Gasteiger partial charge on any atom is -0.237 e. The van der Waals surface area contributed by atoms with Crippen LogP contribution in [0.2, 0.25) is 0 Å². The second kappa shape index (κ2) is 6.92. The zero-order chi connectivity index (χ0) is 6.24. The van der Waals surface area contributed by atoms with Crippen molar-refractivity contribution in [1.29, 1.82) is 0 Å². The van der Waals surface area contributed by atoms with Gasteiger partial charge in [0, 0.05) is 0 Å². The molecule has 0 amide bonds. The molecule has 0 aromatic heterocycles. The molecule has 0 aliphatic carbocycles. The molecule has 0 aromatic carbocycles. The van der Waals surface area contributed by atoms with E-state index in [9.17, 15) is 0 Å². The molecule has 2 nitrogen and oxygen atoms in total. The zero-order valence-electron chi connectivity index (χ0n) is 5.64. The van der Waals surface area contributed by atoms with Gasteiger partial charge in [-0.2, -0.15) is 0 Å². The van der Waals surface area contributed by atoms with Crippen LogP contribution in [0.4, 0.5) is 0 Å². The molecule has 2 heteroatoms. The van der Waals surface area contributed by atoms with Crippen molar-refractivity contribution in [3.63, 3.8) is 0 Å². The predicted octanol–water partition coefficient (Wildman–Crippen LogP) is 1.75. The second-order valence-corrected chi connectivity index (χ2v) is 1.58. The van der Waals surface area contributed by atoms with Gasteiger partial charge in [-0.1, -0.05) is 13.3 Å². The van der Waals surface area contributed by atoms with E-state index in [0.29, 0.717) is 6.61 Å². The second-order valence-electron chi connectivity index (χ2n) is 1.58. The predicted molar refractivity (Wildman–Crippen MR) is 32.5 cm³/mol. The first kappa shape index (κ1) is 7.92. The van der Waals surface area contributed by atoms with Gasteiger partial charge in [0.25, 0.3) is 0 Å². The Morgan fingerprint density at radius 1 is 1.12 bits per heavy atom. The summed E-state index contributed by atoms with van der Waals surface area (Å²) in [4.78, 5) is 9.36. The Kier molecular flexibility index (Phi) is 6.85. The molecule has 0 spiro atoms. The lowest BCUT2D eigenvalue weighted by Crippen LogP contribution is -1.94. The molecule has 0 fully saturated rings. The Bertz CT molecular complexity index is 31.5. The Morgan fingerprint density at radius 2 is 1.88 bits per heavy atom. The summed E-state index contributed by atoms with van der Waals surface area (Å²) in [6, 6.07) is 0. The van der Waals surface area contributed by atoms with Gasteiger partial charge in [0.1, 0.15) is 0 Å². The van der Waals surface area contributed by atoms with Crippen molar-refractivity contribution in [2.24, 2.45) is 0 Å². The van der Waals surface area contributed by atoms with Gasteiger partial charge in [0.15, 0.2) is 0 Å². The summed E-state index contributed by atoms with van der Waals surface area (Å²) in [6.45, 7) is 5.40. The van der Waals surface area contributed by atoms with Crippen LogP contribution in [-0.2, 0) is 9.78 Å². The molecule has 0 N–H and O–H groups in total. The van der Waals surface area contributed by atoms with Gasteiger partial charge in [-0.3, -0.25) is 0 Å². The van der Waals surface area contributed by atoms with Crippen molar-refractivity contribution < 1.29 is 9.78 Å². The highest BCUT2D eigenvalue weighted by molar-refractivity contribution is 4.25. The van der Waals surface area contributed by atoms with Crippen molar-refractivity contribution in [2.75, 3.05) is 13.2 Å². The molecule has 0 aromatic rings. The molecule has 0 radical (unpaired) electrons. The molecule has 0 heterocycles. The molecule has 0 aliphatic heterocycles. The van der Waals surface area contributed by atoms with Crippen molar-refractivity contribution in [3.05, 3.63) is 0 Å². The molecule has 0 saturated heterocycles. The SMILES string of the molecule is CCCCOOCC. The first-order chi connectivity index (χ1) is 3.91. The summed E-state index contributed by atoms with van der Waals surface area (Å²) in [5.74, 6) is 0. The summed E-state index contributed by atoms with van der Waals surface area (Å²) in [6.07, 6.45) is 2.24. The molecule has 0 unspecified atom stereocenters. The van der Waals surface area contributed by atoms with Crippen LogP contribution in [0.25, 0.3) is 0 Å². The molecule has 0 atom stereocenters. The minimum absolute atomic E-state index is 0.643. The Hall–Kier alpha value is -0.0800. The fourth-order valence-corrected chi connectivity index (χ4v) is 0.346. The van der Waals surface area contributed by atoms with E-state index in [1.54, 1.807) is 0 Å². The lowest BCUT2D eigenvalue weighted by atomic mass is 10.4. The van der Waals surface area contributed by atoms with Gasteiger partial charge in [-0.05, 0) is 13.3 Å². The topological polar surface area (TPSA) is 18.5 Å². The van der Waals surface area contributed by atoms with Gasteiger partial charge in [0.05, 0.1) is 13.2 Å².